The lowest BCUT2D eigenvalue weighted by atomic mass is 10.0. The van der Waals surface area contributed by atoms with E-state index in [9.17, 15) is 17.6 Å². The molecular formula is C20H19FN4O4S. The highest BCUT2D eigenvalue weighted by molar-refractivity contribution is 7.92. The number of rotatable bonds is 7. The Morgan fingerprint density at radius 1 is 1.33 bits per heavy atom. The van der Waals surface area contributed by atoms with Crippen LogP contribution in [0.5, 0.6) is 0 Å². The second kappa shape index (κ2) is 8.12. The van der Waals surface area contributed by atoms with Gasteiger partial charge in [0, 0.05) is 19.9 Å². The van der Waals surface area contributed by atoms with Gasteiger partial charge in [-0.25, -0.2) is 12.8 Å². The first-order valence-electron chi connectivity index (χ1n) is 8.92. The number of pyridine rings is 1. The van der Waals surface area contributed by atoms with Crippen LogP contribution < -0.4 is 10.0 Å². The van der Waals surface area contributed by atoms with Gasteiger partial charge >= 0.3 is 0 Å². The van der Waals surface area contributed by atoms with Crippen LogP contribution in [0.4, 0.5) is 10.2 Å². The van der Waals surface area contributed by atoms with Gasteiger partial charge in [-0.05, 0) is 35.7 Å². The number of aryl methyl sites for hydroxylation is 1. The van der Waals surface area contributed by atoms with Crippen molar-refractivity contribution in [2.75, 3.05) is 17.6 Å². The average molecular weight is 430 g/mol. The third-order valence-corrected chi connectivity index (χ3v) is 5.81. The predicted octanol–water partition coefficient (Wildman–Crippen LogP) is 2.51. The molecule has 0 saturated heterocycles. The van der Waals surface area contributed by atoms with Gasteiger partial charge in [-0.1, -0.05) is 12.1 Å². The smallest absolute Gasteiger partial charge is 0.252 e. The van der Waals surface area contributed by atoms with Crippen LogP contribution in [-0.2, 0) is 22.9 Å². The lowest BCUT2D eigenvalue weighted by Gasteiger charge is -2.18. The van der Waals surface area contributed by atoms with Gasteiger partial charge in [0.25, 0.3) is 5.91 Å². The van der Waals surface area contributed by atoms with E-state index in [1.807, 2.05) is 6.07 Å². The maximum atomic E-state index is 13.2. The topological polar surface area (TPSA) is 130 Å². The van der Waals surface area contributed by atoms with Crippen LogP contribution in [0.25, 0.3) is 11.1 Å². The number of nitrogens with zero attached hydrogens (tertiary/aromatic N) is 3. The Kier molecular flexibility index (Phi) is 5.75. The summed E-state index contributed by atoms with van der Waals surface area (Å²) in [5, 5.41) is 9.27. The number of halogens is 1. The zero-order chi connectivity index (χ0) is 22.1. The van der Waals surface area contributed by atoms with Crippen LogP contribution in [0, 0.1) is 17.1 Å². The molecule has 2 aromatic heterocycles. The molecule has 0 saturated carbocycles. The van der Waals surface area contributed by atoms with E-state index in [1.165, 1.54) is 19.2 Å². The number of hydrogen-bond acceptors (Lipinski definition) is 6. The fraction of sp³-hybridized carbons (Fsp3) is 0.250. The first kappa shape index (κ1) is 21.3. The zero-order valence-corrected chi connectivity index (χ0v) is 17.2. The Balaban J connectivity index is 2.20. The minimum absolute atomic E-state index is 0.0483. The monoisotopic (exact) mass is 430 g/mol. The van der Waals surface area contributed by atoms with Gasteiger partial charge in [-0.2, -0.15) is 10.2 Å². The van der Waals surface area contributed by atoms with E-state index in [0.717, 1.165) is 10.6 Å². The number of benzene rings is 1. The van der Waals surface area contributed by atoms with Crippen molar-refractivity contribution in [1.29, 1.82) is 5.26 Å². The molecule has 0 radical (unpaired) electrons. The van der Waals surface area contributed by atoms with E-state index in [2.05, 4.69) is 4.98 Å². The molecule has 0 unspecified atom stereocenters. The van der Waals surface area contributed by atoms with Crippen molar-refractivity contribution in [1.82, 2.24) is 4.98 Å². The minimum atomic E-state index is -3.63. The summed E-state index contributed by atoms with van der Waals surface area (Å²) in [4.78, 5) is 16.5. The fourth-order valence-corrected chi connectivity index (χ4v) is 3.56. The molecule has 0 atom stereocenters. The van der Waals surface area contributed by atoms with E-state index in [4.69, 9.17) is 15.4 Å². The summed E-state index contributed by atoms with van der Waals surface area (Å²) in [6, 6.07) is 9.28. The molecule has 156 valence electrons. The van der Waals surface area contributed by atoms with Crippen molar-refractivity contribution in [3.8, 4) is 6.07 Å². The molecular weight excluding hydrogens is 411 g/mol. The number of fused-ring (bicyclic) bond motifs is 1. The number of hydrogen-bond donors (Lipinski definition) is 1. The molecule has 10 heteroatoms. The molecule has 2 heterocycles. The number of carbonyl (C=O) groups excluding carboxylic acids is 1. The summed E-state index contributed by atoms with van der Waals surface area (Å²) < 4.78 is 44.0. The molecule has 8 nitrogen and oxygen atoms in total. The molecule has 3 aromatic rings. The van der Waals surface area contributed by atoms with E-state index < -0.39 is 21.7 Å². The van der Waals surface area contributed by atoms with E-state index in [-0.39, 0.29) is 42.1 Å². The lowest BCUT2D eigenvalue weighted by molar-refractivity contribution is 0.1000. The predicted molar refractivity (Wildman–Crippen MR) is 109 cm³/mol. The Labute approximate surface area is 172 Å². The highest BCUT2D eigenvalue weighted by Gasteiger charge is 2.25. The molecule has 1 aromatic carbocycles. The highest BCUT2D eigenvalue weighted by atomic mass is 32.2. The number of sulfonamides is 1. The van der Waals surface area contributed by atoms with Crippen molar-refractivity contribution < 1.29 is 22.0 Å². The summed E-state index contributed by atoms with van der Waals surface area (Å²) in [6.45, 7) is 0. The van der Waals surface area contributed by atoms with E-state index >= 15 is 0 Å². The van der Waals surface area contributed by atoms with Crippen LogP contribution in [0.2, 0.25) is 0 Å². The average Bonchev–Trinajstić information content (AvgIpc) is 3.02. The SMILES string of the molecule is CN(c1nc2oc(Cc3ccc(F)cc3)c(C(N)=O)c2cc1CCC#N)S(C)(=O)=O. The first-order valence-corrected chi connectivity index (χ1v) is 10.8. The van der Waals surface area contributed by atoms with Gasteiger partial charge in [0.05, 0.1) is 23.3 Å². The van der Waals surface area contributed by atoms with Crippen molar-refractivity contribution in [3.05, 3.63) is 58.6 Å². The molecule has 0 aliphatic heterocycles. The molecule has 0 aliphatic carbocycles. The van der Waals surface area contributed by atoms with Crippen molar-refractivity contribution in [2.45, 2.75) is 19.3 Å². The van der Waals surface area contributed by atoms with Crippen molar-refractivity contribution in [2.24, 2.45) is 5.73 Å². The largest absolute Gasteiger partial charge is 0.441 e. The number of carbonyl (C=O) groups is 1. The van der Waals surface area contributed by atoms with Crippen molar-refractivity contribution >= 4 is 32.8 Å². The second-order valence-electron chi connectivity index (χ2n) is 6.78. The van der Waals surface area contributed by atoms with Crippen molar-refractivity contribution in [3.63, 3.8) is 0 Å². The second-order valence-corrected chi connectivity index (χ2v) is 8.79. The van der Waals surface area contributed by atoms with E-state index in [1.54, 1.807) is 18.2 Å². The summed E-state index contributed by atoms with van der Waals surface area (Å²) in [5.41, 5.74) is 6.90. The third kappa shape index (κ3) is 4.26. The molecule has 0 spiro atoms. The summed E-state index contributed by atoms with van der Waals surface area (Å²) in [6.07, 6.45) is 1.55. The molecule has 0 aliphatic rings. The molecule has 0 bridgehead atoms. The van der Waals surface area contributed by atoms with E-state index in [0.29, 0.717) is 16.5 Å². The van der Waals surface area contributed by atoms with Gasteiger partial charge in [-0.3, -0.25) is 9.10 Å². The molecule has 30 heavy (non-hydrogen) atoms. The number of primary amides is 1. The molecule has 3 rings (SSSR count). The van der Waals surface area contributed by atoms with Crippen LogP contribution >= 0.6 is 0 Å². The fourth-order valence-electron chi connectivity index (χ4n) is 3.09. The Hall–Kier alpha value is -3.45. The van der Waals surface area contributed by atoms with Crippen LogP contribution in [0.15, 0.2) is 34.7 Å². The summed E-state index contributed by atoms with van der Waals surface area (Å²) in [5.74, 6) is -0.779. The van der Waals surface area contributed by atoms with Gasteiger partial charge in [-0.15, -0.1) is 0 Å². The number of furan rings is 1. The van der Waals surface area contributed by atoms with Crippen LogP contribution in [0.1, 0.15) is 33.7 Å². The third-order valence-electron chi connectivity index (χ3n) is 4.64. The number of nitriles is 1. The maximum Gasteiger partial charge on any atom is 0.252 e. The van der Waals surface area contributed by atoms with Crippen LogP contribution in [0.3, 0.4) is 0 Å². The van der Waals surface area contributed by atoms with Crippen LogP contribution in [-0.4, -0.2) is 32.6 Å². The number of aromatic nitrogens is 1. The maximum absolute atomic E-state index is 13.2. The quantitative estimate of drug-likeness (QED) is 0.613. The number of anilines is 1. The molecule has 0 fully saturated rings. The normalized spacial score (nSPS) is 11.4. The minimum Gasteiger partial charge on any atom is -0.441 e. The first-order chi connectivity index (χ1) is 14.1. The van der Waals surface area contributed by atoms with Gasteiger partial charge in [0.15, 0.2) is 0 Å². The summed E-state index contributed by atoms with van der Waals surface area (Å²) >= 11 is 0. The molecule has 2 N–H and O–H groups in total. The Morgan fingerprint density at radius 2 is 2.00 bits per heavy atom. The standard InChI is InChI=1S/C20H19FN4O4S/c1-25(30(2,27)28)19-13(4-3-9-22)11-15-17(18(23)26)16(29-20(15)24-19)10-12-5-7-14(21)8-6-12/h5-8,11H,3-4,10H2,1-2H3,(H2,23,26). The lowest BCUT2D eigenvalue weighted by Crippen LogP contribution is -2.27. The van der Waals surface area contributed by atoms with Gasteiger partial charge in [0.2, 0.25) is 15.7 Å². The Bertz CT molecular complexity index is 1260. The van der Waals surface area contributed by atoms with Gasteiger partial charge in [0.1, 0.15) is 17.4 Å². The summed E-state index contributed by atoms with van der Waals surface area (Å²) in [7, 11) is -2.28. The number of amides is 1. The highest BCUT2D eigenvalue weighted by Crippen LogP contribution is 2.32. The zero-order valence-electron chi connectivity index (χ0n) is 16.3. The molecule has 1 amide bonds. The Morgan fingerprint density at radius 3 is 2.57 bits per heavy atom. The number of nitrogens with two attached hydrogens (primary N) is 1. The van der Waals surface area contributed by atoms with Gasteiger partial charge < -0.3 is 10.2 Å².